The first-order chi connectivity index (χ1) is 25.4. The SMILES string of the molecule is CO[C@@H]1[C@@H](O[C@H]2O[C@@H](C)[C@H](O[C@@H]3C[C@](C)(O)[C@H](OCCC(C)C)[C@@H](C)O3)[C@@H](N(C)C)[C@@H]2O)[C@@H](CC=O)C[C@@H](C)[C@@H](O)/C=C/C=C/C[C@@H](C)OC(=O)C[C@H]1O. The number of rotatable bonds is 12. The van der Waals surface area contributed by atoms with Crippen molar-refractivity contribution in [2.45, 2.75) is 172 Å². The minimum atomic E-state index is -1.41. The third-order valence-electron chi connectivity index (χ3n) is 10.8. The van der Waals surface area contributed by atoms with Gasteiger partial charge >= 0.3 is 5.97 Å². The summed E-state index contributed by atoms with van der Waals surface area (Å²) in [5, 5.41) is 45.8. The second kappa shape index (κ2) is 21.6. The molecule has 3 aliphatic heterocycles. The van der Waals surface area contributed by atoms with Crippen LogP contribution in [0.3, 0.4) is 0 Å². The first kappa shape index (κ1) is 46.6. The highest BCUT2D eigenvalue weighted by molar-refractivity contribution is 5.70. The molecule has 0 spiro atoms. The van der Waals surface area contributed by atoms with Crippen LogP contribution in [0.4, 0.5) is 0 Å². The quantitative estimate of drug-likeness (QED) is 0.168. The number of methoxy groups -OCH3 is 1. The molecule has 2 saturated heterocycles. The number of likely N-dealkylation sites (N-methyl/N-ethyl adjacent to an activating group) is 1. The Kier molecular flexibility index (Phi) is 18.7. The van der Waals surface area contributed by atoms with Crippen LogP contribution in [0.15, 0.2) is 24.3 Å². The number of ether oxygens (including phenoxy) is 7. The lowest BCUT2D eigenvalue weighted by Crippen LogP contribution is -2.66. The fourth-order valence-electron chi connectivity index (χ4n) is 7.78. The molecule has 0 aromatic heterocycles. The van der Waals surface area contributed by atoms with Gasteiger partial charge in [-0.25, -0.2) is 0 Å². The second-order valence-corrected chi connectivity index (χ2v) is 16.3. The van der Waals surface area contributed by atoms with Crippen molar-refractivity contribution in [3.63, 3.8) is 0 Å². The highest BCUT2D eigenvalue weighted by Crippen LogP contribution is 2.37. The van der Waals surface area contributed by atoms with E-state index in [2.05, 4.69) is 13.8 Å². The zero-order valence-electron chi connectivity index (χ0n) is 34.0. The lowest BCUT2D eigenvalue weighted by molar-refractivity contribution is -0.345. The van der Waals surface area contributed by atoms with E-state index in [1.807, 2.05) is 19.9 Å². The van der Waals surface area contributed by atoms with Crippen molar-refractivity contribution in [2.24, 2.45) is 17.8 Å². The topological polar surface area (TPSA) is 183 Å². The average molecular weight is 772 g/mol. The van der Waals surface area contributed by atoms with Crippen molar-refractivity contribution in [2.75, 3.05) is 27.8 Å². The molecule has 54 heavy (non-hydrogen) atoms. The predicted octanol–water partition coefficient (Wildman–Crippen LogP) is 2.92. The van der Waals surface area contributed by atoms with Gasteiger partial charge in [-0.15, -0.1) is 0 Å². The summed E-state index contributed by atoms with van der Waals surface area (Å²) in [5.74, 6) is -1.16. The van der Waals surface area contributed by atoms with Crippen molar-refractivity contribution < 1.29 is 63.2 Å². The summed E-state index contributed by atoms with van der Waals surface area (Å²) in [6.45, 7) is 13.6. The average Bonchev–Trinajstić information content (AvgIpc) is 3.06. The fraction of sp³-hybridized carbons (Fsp3) is 0.850. The van der Waals surface area contributed by atoms with Crippen LogP contribution in [0.1, 0.15) is 87.0 Å². The highest BCUT2D eigenvalue weighted by atomic mass is 16.7. The lowest BCUT2D eigenvalue weighted by Gasteiger charge is -2.50. The summed E-state index contributed by atoms with van der Waals surface area (Å²) in [7, 11) is 4.95. The zero-order chi connectivity index (χ0) is 40.3. The van der Waals surface area contributed by atoms with Crippen LogP contribution in [0, 0.1) is 17.8 Å². The van der Waals surface area contributed by atoms with Gasteiger partial charge in [-0.2, -0.15) is 0 Å². The van der Waals surface area contributed by atoms with Crippen LogP contribution in [-0.4, -0.2) is 151 Å². The van der Waals surface area contributed by atoms with Crippen molar-refractivity contribution in [1.29, 1.82) is 0 Å². The Morgan fingerprint density at radius 3 is 2.33 bits per heavy atom. The first-order valence-corrected chi connectivity index (χ1v) is 19.6. The highest BCUT2D eigenvalue weighted by Gasteiger charge is 2.52. The van der Waals surface area contributed by atoms with Crippen LogP contribution in [0.25, 0.3) is 0 Å². The molecule has 0 saturated carbocycles. The molecular formula is C40H69NO13. The van der Waals surface area contributed by atoms with Gasteiger partial charge in [0.1, 0.15) is 36.8 Å². The lowest BCUT2D eigenvalue weighted by atomic mass is 9.82. The van der Waals surface area contributed by atoms with Gasteiger partial charge in [0.25, 0.3) is 0 Å². The molecule has 0 radical (unpaired) electrons. The van der Waals surface area contributed by atoms with Crippen LogP contribution >= 0.6 is 0 Å². The molecule has 3 rings (SSSR count). The number of nitrogens with zero attached hydrogens (tertiary/aromatic N) is 1. The van der Waals surface area contributed by atoms with Gasteiger partial charge in [0.15, 0.2) is 12.6 Å². The maximum absolute atomic E-state index is 12.9. The van der Waals surface area contributed by atoms with Crippen molar-refractivity contribution in [3.05, 3.63) is 24.3 Å². The second-order valence-electron chi connectivity index (χ2n) is 16.3. The summed E-state index contributed by atoms with van der Waals surface area (Å²) >= 11 is 0. The summed E-state index contributed by atoms with van der Waals surface area (Å²) in [6, 6.07) is -0.695. The molecule has 0 bridgehead atoms. The largest absolute Gasteiger partial charge is 0.462 e. The fourth-order valence-corrected chi connectivity index (χ4v) is 7.78. The van der Waals surface area contributed by atoms with E-state index < -0.39 is 104 Å². The Hall–Kier alpha value is -1.82. The van der Waals surface area contributed by atoms with Gasteiger partial charge in [0.2, 0.25) is 0 Å². The maximum Gasteiger partial charge on any atom is 0.308 e. The molecule has 16 atom stereocenters. The van der Waals surface area contributed by atoms with Crippen LogP contribution < -0.4 is 0 Å². The van der Waals surface area contributed by atoms with Crippen molar-refractivity contribution in [1.82, 2.24) is 4.90 Å². The van der Waals surface area contributed by atoms with E-state index in [9.17, 15) is 30.0 Å². The number of carbonyl (C=O) groups excluding carboxylic acids is 2. The molecule has 14 heteroatoms. The predicted molar refractivity (Wildman–Crippen MR) is 200 cm³/mol. The van der Waals surface area contributed by atoms with E-state index in [-0.39, 0.29) is 25.2 Å². The summed E-state index contributed by atoms with van der Waals surface area (Å²) in [4.78, 5) is 26.8. The number of carbonyl (C=O) groups is 2. The molecule has 3 aliphatic rings. The third-order valence-corrected chi connectivity index (χ3v) is 10.8. The number of esters is 1. The van der Waals surface area contributed by atoms with Crippen LogP contribution in [0.5, 0.6) is 0 Å². The molecule has 0 aromatic carbocycles. The van der Waals surface area contributed by atoms with E-state index >= 15 is 0 Å². The van der Waals surface area contributed by atoms with Crippen LogP contribution in [-0.2, 0) is 42.7 Å². The third kappa shape index (κ3) is 13.1. The molecule has 14 nitrogen and oxygen atoms in total. The molecule has 0 aromatic rings. The molecule has 0 amide bonds. The standard InChI is InChI=1S/C40H69NO13/c1-23(2)17-19-49-38-27(6)51-32(22-40(38,7)47)53-35-26(5)52-39(34(46)33(35)41(8)9)54-36-28(16-18-42)20-24(3)29(43)15-13-11-12-14-25(4)50-31(45)21-30(44)37(36)48-10/h11-13,15,18,23-30,32-39,43-44,46-47H,14,16-17,19-22H2,1-10H3/b12-11+,15-13+/t24-,25-,26+,27-,28+,29+,30-,32-,33+,34+,35+,36+,37+,38-,39-,40+/m1/s1. The van der Waals surface area contributed by atoms with Gasteiger partial charge in [0.05, 0.1) is 48.6 Å². The molecule has 4 N–H and O–H groups in total. The zero-order valence-corrected chi connectivity index (χ0v) is 34.0. The summed E-state index contributed by atoms with van der Waals surface area (Å²) < 4.78 is 43.0. The van der Waals surface area contributed by atoms with E-state index in [4.69, 9.17) is 33.2 Å². The number of allylic oxidation sites excluding steroid dienone is 2. The number of hydrogen-bond donors (Lipinski definition) is 4. The summed E-state index contributed by atoms with van der Waals surface area (Å²) in [5.41, 5.74) is -1.24. The van der Waals surface area contributed by atoms with E-state index in [1.54, 1.807) is 58.0 Å². The van der Waals surface area contributed by atoms with Gasteiger partial charge in [0, 0.05) is 33.0 Å². The van der Waals surface area contributed by atoms with E-state index in [0.29, 0.717) is 18.9 Å². The number of aliphatic hydroxyl groups is 4. The summed E-state index contributed by atoms with van der Waals surface area (Å²) in [6.07, 6.45) is -1.91. The molecule has 2 fully saturated rings. The molecule has 3 heterocycles. The Bertz CT molecular complexity index is 1200. The first-order valence-electron chi connectivity index (χ1n) is 19.6. The Labute approximate surface area is 322 Å². The Morgan fingerprint density at radius 1 is 1.02 bits per heavy atom. The molecule has 312 valence electrons. The normalized spacial score (nSPS) is 43.1. The monoisotopic (exact) mass is 771 g/mol. The molecule has 0 unspecified atom stereocenters. The van der Waals surface area contributed by atoms with E-state index in [1.165, 1.54) is 7.11 Å². The minimum absolute atomic E-state index is 0.0278. The molecular weight excluding hydrogens is 702 g/mol. The number of hydrogen-bond acceptors (Lipinski definition) is 14. The van der Waals surface area contributed by atoms with Gasteiger partial charge in [-0.3, -0.25) is 4.79 Å². The van der Waals surface area contributed by atoms with Gasteiger partial charge in [-0.1, -0.05) is 45.1 Å². The van der Waals surface area contributed by atoms with Gasteiger partial charge in [-0.05, 0) is 72.4 Å². The number of cyclic esters (lactones) is 1. The van der Waals surface area contributed by atoms with Gasteiger partial charge < -0.3 is 63.3 Å². The molecule has 0 aliphatic carbocycles. The van der Waals surface area contributed by atoms with Crippen molar-refractivity contribution >= 4 is 12.3 Å². The number of aldehydes is 1. The Balaban J connectivity index is 1.89. The van der Waals surface area contributed by atoms with E-state index in [0.717, 1.165) is 12.7 Å². The van der Waals surface area contributed by atoms with Crippen LogP contribution in [0.2, 0.25) is 0 Å². The minimum Gasteiger partial charge on any atom is -0.462 e. The maximum atomic E-state index is 12.9. The van der Waals surface area contributed by atoms with Crippen molar-refractivity contribution in [3.8, 4) is 0 Å². The number of aliphatic hydroxyl groups excluding tert-OH is 3. The smallest absolute Gasteiger partial charge is 0.308 e. The Morgan fingerprint density at radius 2 is 1.72 bits per heavy atom.